The first-order chi connectivity index (χ1) is 7.61. The number of amides is 1. The molecule has 1 aliphatic rings. The molecule has 1 aromatic heterocycles. The number of anilines is 2. The monoisotopic (exact) mass is 284 g/mol. The lowest BCUT2D eigenvalue weighted by atomic mass is 10.2. The molecule has 1 atom stereocenters. The highest BCUT2D eigenvalue weighted by Gasteiger charge is 2.31. The summed E-state index contributed by atoms with van der Waals surface area (Å²) < 4.78 is 0.792. The summed E-state index contributed by atoms with van der Waals surface area (Å²) >= 11 is 3.40. The number of hydrogen-bond donors (Lipinski definition) is 2. The van der Waals surface area contributed by atoms with E-state index in [0.29, 0.717) is 5.69 Å². The molecule has 0 aromatic carbocycles. The number of hydrogen-bond acceptors (Lipinski definition) is 4. The fraction of sp³-hybridized carbons (Fsp3) is 0.400. The average Bonchev–Trinajstić information content (AvgIpc) is 2.66. The van der Waals surface area contributed by atoms with Gasteiger partial charge in [0.25, 0.3) is 0 Å². The molecule has 0 radical (unpaired) electrons. The Morgan fingerprint density at radius 3 is 2.94 bits per heavy atom. The maximum absolute atomic E-state index is 11.3. The molecule has 6 heteroatoms. The quantitative estimate of drug-likeness (QED) is 0.844. The van der Waals surface area contributed by atoms with Crippen LogP contribution >= 0.6 is 15.9 Å². The molecule has 1 fully saturated rings. The van der Waals surface area contributed by atoms with E-state index in [1.54, 1.807) is 12.4 Å². The Bertz CT molecular complexity index is 403. The number of nitrogens with zero attached hydrogens (tertiary/aromatic N) is 2. The van der Waals surface area contributed by atoms with Gasteiger partial charge in [0.15, 0.2) is 0 Å². The van der Waals surface area contributed by atoms with Crippen LogP contribution in [0.2, 0.25) is 0 Å². The minimum Gasteiger partial charge on any atom is -0.396 e. The number of nitrogen functional groups attached to an aromatic ring is 1. The van der Waals surface area contributed by atoms with Crippen LogP contribution in [0.4, 0.5) is 11.4 Å². The van der Waals surface area contributed by atoms with E-state index in [1.807, 2.05) is 4.90 Å². The van der Waals surface area contributed by atoms with E-state index >= 15 is 0 Å². The largest absolute Gasteiger partial charge is 0.396 e. The molecule has 86 valence electrons. The summed E-state index contributed by atoms with van der Waals surface area (Å²) in [6, 6.07) is -0.263. The van der Waals surface area contributed by atoms with Gasteiger partial charge in [0.1, 0.15) is 6.04 Å². The molecule has 1 aromatic rings. The van der Waals surface area contributed by atoms with E-state index in [0.717, 1.165) is 29.5 Å². The standard InChI is InChI=1S/C10H13BrN4O/c11-6-4-14-5-7(12)9(6)15-3-1-2-8(15)10(13)16/h4-5,8H,1-3,12H2,(H2,13,16). The number of carbonyl (C=O) groups excluding carboxylic acids is 1. The van der Waals surface area contributed by atoms with Gasteiger partial charge < -0.3 is 16.4 Å². The molecule has 1 saturated heterocycles. The molecule has 1 amide bonds. The maximum Gasteiger partial charge on any atom is 0.240 e. The van der Waals surface area contributed by atoms with Crippen LogP contribution in [0.5, 0.6) is 0 Å². The van der Waals surface area contributed by atoms with E-state index in [-0.39, 0.29) is 11.9 Å². The van der Waals surface area contributed by atoms with Gasteiger partial charge in [0, 0.05) is 12.7 Å². The SMILES string of the molecule is NC(=O)C1CCCN1c1c(N)cncc1Br. The average molecular weight is 285 g/mol. The smallest absolute Gasteiger partial charge is 0.240 e. The van der Waals surface area contributed by atoms with Crippen molar-refractivity contribution in [3.05, 3.63) is 16.9 Å². The van der Waals surface area contributed by atoms with E-state index in [9.17, 15) is 4.79 Å². The molecular formula is C10H13BrN4O. The van der Waals surface area contributed by atoms with Crippen molar-refractivity contribution in [2.45, 2.75) is 18.9 Å². The van der Waals surface area contributed by atoms with Crippen LogP contribution in [0.25, 0.3) is 0 Å². The van der Waals surface area contributed by atoms with E-state index in [1.165, 1.54) is 0 Å². The highest BCUT2D eigenvalue weighted by Crippen LogP contribution is 2.35. The molecule has 4 N–H and O–H groups in total. The Hall–Kier alpha value is -1.30. The van der Waals surface area contributed by atoms with Crippen molar-refractivity contribution < 1.29 is 4.79 Å². The normalized spacial score (nSPS) is 20.1. The molecule has 1 unspecified atom stereocenters. The van der Waals surface area contributed by atoms with Crippen molar-refractivity contribution in [3.63, 3.8) is 0 Å². The summed E-state index contributed by atoms with van der Waals surface area (Å²) in [5.74, 6) is -0.305. The Balaban J connectivity index is 2.40. The Morgan fingerprint density at radius 1 is 1.56 bits per heavy atom. The van der Waals surface area contributed by atoms with E-state index in [4.69, 9.17) is 11.5 Å². The van der Waals surface area contributed by atoms with Crippen LogP contribution in [0.15, 0.2) is 16.9 Å². The number of primary amides is 1. The summed E-state index contributed by atoms with van der Waals surface area (Å²) in [5.41, 5.74) is 12.6. The van der Waals surface area contributed by atoms with Crippen LogP contribution in [-0.2, 0) is 4.79 Å². The van der Waals surface area contributed by atoms with Crippen molar-refractivity contribution in [1.29, 1.82) is 0 Å². The van der Waals surface area contributed by atoms with E-state index in [2.05, 4.69) is 20.9 Å². The van der Waals surface area contributed by atoms with Gasteiger partial charge in [-0.1, -0.05) is 0 Å². The fourth-order valence-corrected chi connectivity index (χ4v) is 2.65. The van der Waals surface area contributed by atoms with Crippen molar-refractivity contribution in [2.75, 3.05) is 17.2 Å². The maximum atomic E-state index is 11.3. The number of carbonyl (C=O) groups is 1. The van der Waals surface area contributed by atoms with Crippen LogP contribution in [-0.4, -0.2) is 23.5 Å². The van der Waals surface area contributed by atoms with Gasteiger partial charge in [-0.3, -0.25) is 9.78 Å². The highest BCUT2D eigenvalue weighted by atomic mass is 79.9. The summed E-state index contributed by atoms with van der Waals surface area (Å²) in [6.07, 6.45) is 4.98. The molecule has 0 aliphatic carbocycles. The van der Waals surface area contributed by atoms with Crippen LogP contribution in [0.3, 0.4) is 0 Å². The summed E-state index contributed by atoms with van der Waals surface area (Å²) in [7, 11) is 0. The fourth-order valence-electron chi connectivity index (χ4n) is 2.08. The van der Waals surface area contributed by atoms with Crippen molar-refractivity contribution in [1.82, 2.24) is 4.98 Å². The topological polar surface area (TPSA) is 85.2 Å². The summed E-state index contributed by atoms with van der Waals surface area (Å²) in [6.45, 7) is 0.792. The predicted octanol–water partition coefficient (Wildman–Crippen LogP) is 0.880. The number of aromatic nitrogens is 1. The van der Waals surface area contributed by atoms with Gasteiger partial charge in [-0.25, -0.2) is 0 Å². The minimum atomic E-state index is -0.305. The number of halogens is 1. The third kappa shape index (κ3) is 1.84. The van der Waals surface area contributed by atoms with Gasteiger partial charge in [-0.15, -0.1) is 0 Å². The van der Waals surface area contributed by atoms with E-state index < -0.39 is 0 Å². The number of rotatable bonds is 2. The van der Waals surface area contributed by atoms with Gasteiger partial charge in [-0.2, -0.15) is 0 Å². The molecule has 5 nitrogen and oxygen atoms in total. The molecule has 2 rings (SSSR count). The molecular weight excluding hydrogens is 272 g/mol. The second kappa shape index (κ2) is 4.29. The second-order valence-electron chi connectivity index (χ2n) is 3.81. The molecule has 2 heterocycles. The van der Waals surface area contributed by atoms with Gasteiger partial charge in [0.2, 0.25) is 5.91 Å². The summed E-state index contributed by atoms with van der Waals surface area (Å²) in [4.78, 5) is 17.2. The van der Waals surface area contributed by atoms with Crippen molar-refractivity contribution in [3.8, 4) is 0 Å². The molecule has 0 spiro atoms. The predicted molar refractivity (Wildman–Crippen MR) is 65.9 cm³/mol. The van der Waals surface area contributed by atoms with Crippen molar-refractivity contribution >= 4 is 33.2 Å². The Kier molecular flexibility index (Phi) is 3.00. The van der Waals surface area contributed by atoms with Crippen LogP contribution in [0, 0.1) is 0 Å². The summed E-state index contributed by atoms with van der Waals surface area (Å²) in [5, 5.41) is 0. The lowest BCUT2D eigenvalue weighted by molar-refractivity contribution is -0.119. The Labute approximate surface area is 102 Å². The highest BCUT2D eigenvalue weighted by molar-refractivity contribution is 9.10. The van der Waals surface area contributed by atoms with Crippen LogP contribution in [0.1, 0.15) is 12.8 Å². The first-order valence-electron chi connectivity index (χ1n) is 5.06. The minimum absolute atomic E-state index is 0.263. The van der Waals surface area contributed by atoms with Gasteiger partial charge >= 0.3 is 0 Å². The molecule has 0 saturated carbocycles. The first kappa shape index (κ1) is 11.2. The zero-order valence-corrected chi connectivity index (χ0v) is 10.3. The van der Waals surface area contributed by atoms with Crippen LogP contribution < -0.4 is 16.4 Å². The molecule has 1 aliphatic heterocycles. The lowest BCUT2D eigenvalue weighted by Gasteiger charge is -2.26. The van der Waals surface area contributed by atoms with Gasteiger partial charge in [0.05, 0.1) is 22.0 Å². The first-order valence-corrected chi connectivity index (χ1v) is 5.85. The number of nitrogens with two attached hydrogens (primary N) is 2. The zero-order valence-electron chi connectivity index (χ0n) is 8.69. The molecule has 0 bridgehead atoms. The third-order valence-corrected chi connectivity index (χ3v) is 3.35. The zero-order chi connectivity index (χ0) is 11.7. The lowest BCUT2D eigenvalue weighted by Crippen LogP contribution is -2.40. The number of pyridine rings is 1. The van der Waals surface area contributed by atoms with Crippen molar-refractivity contribution in [2.24, 2.45) is 5.73 Å². The molecule has 16 heavy (non-hydrogen) atoms. The van der Waals surface area contributed by atoms with Gasteiger partial charge in [-0.05, 0) is 28.8 Å². The Morgan fingerprint density at radius 2 is 2.31 bits per heavy atom. The second-order valence-corrected chi connectivity index (χ2v) is 4.67. The third-order valence-electron chi connectivity index (χ3n) is 2.77.